The van der Waals surface area contributed by atoms with Crippen LogP contribution in [0.4, 0.5) is 0 Å². The molecular weight excluding hydrogens is 242 g/mol. The number of hydrogen-bond acceptors (Lipinski definition) is 3. The minimum atomic E-state index is -0.0245. The second-order valence-corrected chi connectivity index (χ2v) is 4.92. The van der Waals surface area contributed by atoms with Crippen molar-refractivity contribution < 1.29 is 4.42 Å². The van der Waals surface area contributed by atoms with Crippen molar-refractivity contribution in [2.75, 3.05) is 6.54 Å². The fourth-order valence-electron chi connectivity index (χ4n) is 1.44. The van der Waals surface area contributed by atoms with Crippen molar-refractivity contribution in [2.45, 2.75) is 6.04 Å². The van der Waals surface area contributed by atoms with Crippen molar-refractivity contribution in [1.29, 1.82) is 0 Å². The first-order valence-electron chi connectivity index (χ1n) is 4.76. The molecule has 2 nitrogen and oxygen atoms in total. The molecule has 0 aromatic carbocycles. The predicted octanol–water partition coefficient (Wildman–Crippen LogP) is 3.31. The highest BCUT2D eigenvalue weighted by Gasteiger charge is 2.17. The number of thiophene rings is 1. The summed E-state index contributed by atoms with van der Waals surface area (Å²) in [6, 6.07) is 7.60. The Morgan fingerprint density at radius 1 is 1.50 bits per heavy atom. The largest absolute Gasteiger partial charge is 0.467 e. The summed E-state index contributed by atoms with van der Waals surface area (Å²) in [6.45, 7) is 0.487. The Bertz CT molecular complexity index is 483. The van der Waals surface area contributed by atoms with Gasteiger partial charge >= 0.3 is 0 Å². The van der Waals surface area contributed by atoms with Gasteiger partial charge in [0.05, 0.1) is 17.1 Å². The number of terminal acetylenes is 1. The minimum absolute atomic E-state index is 0.0245. The summed E-state index contributed by atoms with van der Waals surface area (Å²) in [5.41, 5.74) is 0. The highest BCUT2D eigenvalue weighted by molar-refractivity contribution is 7.16. The first-order chi connectivity index (χ1) is 7.81. The van der Waals surface area contributed by atoms with Gasteiger partial charge in [-0.25, -0.2) is 0 Å². The van der Waals surface area contributed by atoms with Crippen molar-refractivity contribution in [3.8, 4) is 12.3 Å². The van der Waals surface area contributed by atoms with Crippen molar-refractivity contribution >= 4 is 22.9 Å². The van der Waals surface area contributed by atoms with Crippen LogP contribution in [0.5, 0.6) is 0 Å². The van der Waals surface area contributed by atoms with Crippen molar-refractivity contribution in [3.05, 3.63) is 45.5 Å². The summed E-state index contributed by atoms with van der Waals surface area (Å²) in [5, 5.41) is 3.22. The van der Waals surface area contributed by atoms with Gasteiger partial charge in [0.25, 0.3) is 0 Å². The van der Waals surface area contributed by atoms with E-state index in [9.17, 15) is 0 Å². The fraction of sp³-hybridized carbons (Fsp3) is 0.167. The van der Waals surface area contributed by atoms with E-state index >= 15 is 0 Å². The van der Waals surface area contributed by atoms with Gasteiger partial charge in [-0.05, 0) is 24.3 Å². The molecule has 82 valence electrons. The van der Waals surface area contributed by atoms with Crippen LogP contribution >= 0.6 is 22.9 Å². The number of nitrogens with one attached hydrogen (secondary N) is 1. The normalized spacial score (nSPS) is 12.2. The van der Waals surface area contributed by atoms with Crippen LogP contribution in [0.15, 0.2) is 34.9 Å². The molecule has 0 saturated carbocycles. The molecule has 0 aliphatic heterocycles. The molecule has 0 radical (unpaired) electrons. The van der Waals surface area contributed by atoms with E-state index in [0.29, 0.717) is 6.54 Å². The molecule has 2 aromatic heterocycles. The Hall–Kier alpha value is -1.21. The lowest BCUT2D eigenvalue weighted by Crippen LogP contribution is -2.21. The average molecular weight is 252 g/mol. The SMILES string of the molecule is C#CCNC(c1ccco1)c1ccc(Cl)s1. The van der Waals surface area contributed by atoms with Crippen molar-refractivity contribution in [3.63, 3.8) is 0 Å². The van der Waals surface area contributed by atoms with Crippen molar-refractivity contribution in [2.24, 2.45) is 0 Å². The summed E-state index contributed by atoms with van der Waals surface area (Å²) in [4.78, 5) is 1.09. The number of furan rings is 1. The second-order valence-electron chi connectivity index (χ2n) is 3.18. The molecule has 16 heavy (non-hydrogen) atoms. The van der Waals surface area contributed by atoms with Crippen LogP contribution in [0.1, 0.15) is 16.7 Å². The smallest absolute Gasteiger partial charge is 0.126 e. The molecule has 0 amide bonds. The van der Waals surface area contributed by atoms with E-state index in [2.05, 4.69) is 11.2 Å². The highest BCUT2D eigenvalue weighted by atomic mass is 35.5. The van der Waals surface area contributed by atoms with Crippen LogP contribution in [0.2, 0.25) is 4.34 Å². The molecule has 0 aliphatic carbocycles. The maximum Gasteiger partial charge on any atom is 0.126 e. The number of rotatable bonds is 4. The lowest BCUT2D eigenvalue weighted by molar-refractivity contribution is 0.460. The lowest BCUT2D eigenvalue weighted by Gasteiger charge is -2.12. The summed E-state index contributed by atoms with van der Waals surface area (Å²) in [7, 11) is 0. The molecule has 1 N–H and O–H groups in total. The zero-order valence-corrected chi connectivity index (χ0v) is 10.0. The van der Waals surface area contributed by atoms with Crippen LogP contribution in [0, 0.1) is 12.3 Å². The topological polar surface area (TPSA) is 25.2 Å². The third kappa shape index (κ3) is 2.48. The predicted molar refractivity (Wildman–Crippen MR) is 66.7 cm³/mol. The molecule has 0 bridgehead atoms. The van der Waals surface area contributed by atoms with Crippen molar-refractivity contribution in [1.82, 2.24) is 5.32 Å². The van der Waals surface area contributed by atoms with E-state index in [-0.39, 0.29) is 6.04 Å². The average Bonchev–Trinajstić information content (AvgIpc) is 2.91. The van der Waals surface area contributed by atoms with Crippen LogP contribution in [-0.2, 0) is 0 Å². The zero-order valence-electron chi connectivity index (χ0n) is 8.44. The molecule has 1 unspecified atom stereocenters. The van der Waals surface area contributed by atoms with E-state index in [1.807, 2.05) is 24.3 Å². The van der Waals surface area contributed by atoms with Crippen LogP contribution in [0.3, 0.4) is 0 Å². The van der Waals surface area contributed by atoms with E-state index in [1.165, 1.54) is 11.3 Å². The van der Waals surface area contributed by atoms with Crippen LogP contribution in [0.25, 0.3) is 0 Å². The molecular formula is C12H10ClNOS. The molecule has 0 aliphatic rings. The van der Waals surface area contributed by atoms with Crippen LogP contribution in [-0.4, -0.2) is 6.54 Å². The summed E-state index contributed by atoms with van der Waals surface area (Å²) >= 11 is 7.44. The highest BCUT2D eigenvalue weighted by Crippen LogP contribution is 2.31. The fourth-order valence-corrected chi connectivity index (χ4v) is 2.59. The third-order valence-corrected chi connectivity index (χ3v) is 3.41. The first kappa shape index (κ1) is 11.3. The summed E-state index contributed by atoms with van der Waals surface area (Å²) in [6.07, 6.45) is 6.90. The molecule has 4 heteroatoms. The number of hydrogen-bond donors (Lipinski definition) is 1. The number of halogens is 1. The first-order valence-corrected chi connectivity index (χ1v) is 5.96. The zero-order chi connectivity index (χ0) is 11.4. The maximum absolute atomic E-state index is 5.92. The molecule has 0 saturated heterocycles. The van der Waals surface area contributed by atoms with E-state index < -0.39 is 0 Å². The lowest BCUT2D eigenvalue weighted by atomic mass is 10.2. The maximum atomic E-state index is 5.92. The van der Waals surface area contributed by atoms with E-state index in [1.54, 1.807) is 6.26 Å². The monoisotopic (exact) mass is 251 g/mol. The van der Waals surface area contributed by atoms with Gasteiger partial charge in [0.15, 0.2) is 0 Å². The Labute approximate surface area is 103 Å². The van der Waals surface area contributed by atoms with Gasteiger partial charge in [0.2, 0.25) is 0 Å². The summed E-state index contributed by atoms with van der Waals surface area (Å²) < 4.78 is 6.15. The third-order valence-electron chi connectivity index (χ3n) is 2.11. The van der Waals surface area contributed by atoms with E-state index in [0.717, 1.165) is 15.0 Å². The van der Waals surface area contributed by atoms with Gasteiger partial charge in [-0.15, -0.1) is 17.8 Å². The Kier molecular flexibility index (Phi) is 3.68. The molecule has 0 spiro atoms. The van der Waals surface area contributed by atoms with Gasteiger partial charge in [0.1, 0.15) is 11.8 Å². The van der Waals surface area contributed by atoms with Gasteiger partial charge in [-0.2, -0.15) is 0 Å². The second kappa shape index (κ2) is 5.22. The van der Waals surface area contributed by atoms with Gasteiger partial charge < -0.3 is 4.42 Å². The molecule has 2 heterocycles. The van der Waals surface area contributed by atoms with Crippen LogP contribution < -0.4 is 5.32 Å². The van der Waals surface area contributed by atoms with Gasteiger partial charge in [-0.3, -0.25) is 5.32 Å². The molecule has 0 fully saturated rings. The Morgan fingerprint density at radius 3 is 2.94 bits per heavy atom. The summed E-state index contributed by atoms with van der Waals surface area (Å²) in [5.74, 6) is 3.40. The minimum Gasteiger partial charge on any atom is -0.467 e. The quantitative estimate of drug-likeness (QED) is 0.844. The standard InChI is InChI=1S/C12H10ClNOS/c1-2-7-14-12(9-4-3-8-15-9)10-5-6-11(13)16-10/h1,3-6,8,12,14H,7H2. The van der Waals surface area contributed by atoms with Gasteiger partial charge in [0, 0.05) is 4.88 Å². The molecule has 2 aromatic rings. The molecule has 2 rings (SSSR count). The van der Waals surface area contributed by atoms with Gasteiger partial charge in [-0.1, -0.05) is 17.5 Å². The Balaban J connectivity index is 2.25. The van der Waals surface area contributed by atoms with E-state index in [4.69, 9.17) is 22.4 Å². The molecule has 1 atom stereocenters. The Morgan fingerprint density at radius 2 is 2.38 bits per heavy atom.